The van der Waals surface area contributed by atoms with Crippen molar-refractivity contribution in [2.75, 3.05) is 25.0 Å². The van der Waals surface area contributed by atoms with Gasteiger partial charge in [-0.25, -0.2) is 13.8 Å². The molecule has 4 N–H and O–H groups in total. The maximum absolute atomic E-state index is 13.6. The molecular weight excluding hydrogens is 380 g/mol. The normalized spacial score (nSPS) is 17.5. The van der Waals surface area contributed by atoms with Crippen LogP contribution in [-0.2, 0) is 5.60 Å². The molecule has 1 aliphatic heterocycles. The molecule has 29 heavy (non-hydrogen) atoms. The number of aliphatic hydroxyl groups is 1. The molecule has 2 heterocycles. The van der Waals surface area contributed by atoms with E-state index in [1.54, 1.807) is 25.1 Å². The number of benzene rings is 1. The highest BCUT2D eigenvalue weighted by atomic mass is 19.2. The van der Waals surface area contributed by atoms with Gasteiger partial charge in [-0.2, -0.15) is 0 Å². The molecular formula is C20H23F2N5O2. The zero-order valence-electron chi connectivity index (χ0n) is 16.2. The number of anilines is 1. The Hall–Kier alpha value is -3.07. The number of aromatic amines is 1. The molecule has 1 saturated heterocycles. The van der Waals surface area contributed by atoms with Gasteiger partial charge in [0.2, 0.25) is 0 Å². The van der Waals surface area contributed by atoms with E-state index in [1.807, 2.05) is 0 Å². The first-order chi connectivity index (χ1) is 13.7. The van der Waals surface area contributed by atoms with Crippen molar-refractivity contribution in [2.45, 2.75) is 25.4 Å². The third-order valence-corrected chi connectivity index (χ3v) is 5.08. The Morgan fingerprint density at radius 1 is 1.34 bits per heavy atom. The molecule has 0 atom stereocenters. The lowest BCUT2D eigenvalue weighted by atomic mass is 9.84. The molecule has 1 aromatic carbocycles. The van der Waals surface area contributed by atoms with E-state index >= 15 is 0 Å². The number of nitrogens with one attached hydrogen (secondary N) is 1. The summed E-state index contributed by atoms with van der Waals surface area (Å²) < 4.78 is 26.8. The van der Waals surface area contributed by atoms with Crippen LogP contribution in [0.4, 0.5) is 14.6 Å². The maximum Gasteiger partial charge on any atom is 0.290 e. The minimum Gasteiger partial charge on any atom is -0.402 e. The largest absolute Gasteiger partial charge is 0.402 e. The molecule has 2 aromatic rings. The Kier molecular flexibility index (Phi) is 5.78. The molecule has 7 nitrogen and oxygen atoms in total. The molecule has 1 fully saturated rings. The Morgan fingerprint density at radius 2 is 2.03 bits per heavy atom. The van der Waals surface area contributed by atoms with E-state index in [2.05, 4.69) is 15.0 Å². The van der Waals surface area contributed by atoms with Crippen LogP contribution < -0.4 is 16.2 Å². The fourth-order valence-corrected chi connectivity index (χ4v) is 3.41. The van der Waals surface area contributed by atoms with Crippen LogP contribution in [0.5, 0.6) is 0 Å². The number of allylic oxidation sites excluding steroid dienone is 2. The minimum absolute atomic E-state index is 0.207. The van der Waals surface area contributed by atoms with Crippen molar-refractivity contribution in [3.63, 3.8) is 0 Å². The zero-order valence-corrected chi connectivity index (χ0v) is 16.2. The Bertz CT molecular complexity index is 1020. The van der Waals surface area contributed by atoms with E-state index < -0.39 is 17.2 Å². The SMILES string of the molecule is CN=C/C(=C(/C)N)c1c[nH]c(=O)c(N2CCC(O)(c3ccc(F)c(F)c3)CC2)n1. The lowest BCUT2D eigenvalue weighted by molar-refractivity contribution is 0.0112. The highest BCUT2D eigenvalue weighted by molar-refractivity contribution is 6.09. The summed E-state index contributed by atoms with van der Waals surface area (Å²) in [7, 11) is 1.61. The second-order valence-electron chi connectivity index (χ2n) is 7.07. The van der Waals surface area contributed by atoms with Gasteiger partial charge in [0, 0.05) is 43.8 Å². The van der Waals surface area contributed by atoms with Gasteiger partial charge >= 0.3 is 0 Å². The Labute approximate surface area is 166 Å². The van der Waals surface area contributed by atoms with E-state index in [0.29, 0.717) is 35.6 Å². The number of aromatic nitrogens is 2. The highest BCUT2D eigenvalue weighted by Crippen LogP contribution is 2.34. The minimum atomic E-state index is -1.30. The zero-order chi connectivity index (χ0) is 21.2. The lowest BCUT2D eigenvalue weighted by Gasteiger charge is -2.38. The monoisotopic (exact) mass is 403 g/mol. The van der Waals surface area contributed by atoms with Gasteiger partial charge in [0.05, 0.1) is 11.3 Å². The van der Waals surface area contributed by atoms with Crippen LogP contribution in [0.2, 0.25) is 0 Å². The van der Waals surface area contributed by atoms with Crippen LogP contribution in [0.25, 0.3) is 5.57 Å². The van der Waals surface area contributed by atoms with Crippen LogP contribution in [0.15, 0.2) is 39.9 Å². The summed E-state index contributed by atoms with van der Waals surface area (Å²) in [6.07, 6.45) is 3.51. The molecule has 0 aliphatic carbocycles. The molecule has 0 bridgehead atoms. The molecule has 0 spiro atoms. The summed E-state index contributed by atoms with van der Waals surface area (Å²) in [5.74, 6) is -1.76. The van der Waals surface area contributed by atoms with Crippen LogP contribution >= 0.6 is 0 Å². The topological polar surface area (TPSA) is 108 Å². The van der Waals surface area contributed by atoms with Crippen molar-refractivity contribution >= 4 is 17.6 Å². The first-order valence-electron chi connectivity index (χ1n) is 9.16. The van der Waals surface area contributed by atoms with Gasteiger partial charge in [-0.3, -0.25) is 9.79 Å². The molecule has 1 aromatic heterocycles. The summed E-state index contributed by atoms with van der Waals surface area (Å²) >= 11 is 0. The fourth-order valence-electron chi connectivity index (χ4n) is 3.41. The molecule has 1 aliphatic rings. The highest BCUT2D eigenvalue weighted by Gasteiger charge is 2.35. The van der Waals surface area contributed by atoms with E-state index in [9.17, 15) is 18.7 Å². The van der Waals surface area contributed by atoms with Crippen LogP contribution in [0, 0.1) is 11.6 Å². The van der Waals surface area contributed by atoms with Gasteiger partial charge in [-0.15, -0.1) is 0 Å². The summed E-state index contributed by atoms with van der Waals surface area (Å²) in [5, 5.41) is 10.9. The first-order valence-corrected chi connectivity index (χ1v) is 9.16. The number of H-pyrrole nitrogens is 1. The number of hydrogen-bond donors (Lipinski definition) is 3. The smallest absolute Gasteiger partial charge is 0.290 e. The summed E-state index contributed by atoms with van der Waals surface area (Å²) in [4.78, 5) is 25.2. The van der Waals surface area contributed by atoms with Gasteiger partial charge in [0.1, 0.15) is 0 Å². The van der Waals surface area contributed by atoms with E-state index in [1.165, 1.54) is 12.3 Å². The van der Waals surface area contributed by atoms with Crippen molar-refractivity contribution in [3.8, 4) is 0 Å². The summed E-state index contributed by atoms with van der Waals surface area (Å²) in [6, 6.07) is 3.40. The molecule has 0 amide bonds. The third kappa shape index (κ3) is 4.19. The molecule has 9 heteroatoms. The first kappa shape index (κ1) is 20.7. The average Bonchev–Trinajstić information content (AvgIpc) is 2.69. The van der Waals surface area contributed by atoms with Crippen molar-refractivity contribution in [1.82, 2.24) is 9.97 Å². The van der Waals surface area contributed by atoms with Gasteiger partial charge < -0.3 is 20.7 Å². The second kappa shape index (κ2) is 8.12. The molecule has 154 valence electrons. The predicted octanol–water partition coefficient (Wildman–Crippen LogP) is 1.93. The van der Waals surface area contributed by atoms with Crippen molar-refractivity contribution in [2.24, 2.45) is 10.7 Å². The van der Waals surface area contributed by atoms with Gasteiger partial charge in [-0.05, 0) is 37.5 Å². The van der Waals surface area contributed by atoms with Gasteiger partial charge in [-0.1, -0.05) is 6.07 Å². The molecule has 0 radical (unpaired) electrons. The van der Waals surface area contributed by atoms with Crippen LogP contribution in [0.1, 0.15) is 31.0 Å². The number of nitrogens with zero attached hydrogens (tertiary/aromatic N) is 3. The Morgan fingerprint density at radius 3 is 2.62 bits per heavy atom. The van der Waals surface area contributed by atoms with Crippen molar-refractivity contribution in [3.05, 3.63) is 63.3 Å². The fraction of sp³-hybridized carbons (Fsp3) is 0.350. The summed E-state index contributed by atoms with van der Waals surface area (Å²) in [6.45, 7) is 2.35. The van der Waals surface area contributed by atoms with Crippen LogP contribution in [0.3, 0.4) is 0 Å². The quantitative estimate of drug-likeness (QED) is 0.676. The second-order valence-corrected chi connectivity index (χ2v) is 7.07. The number of hydrogen-bond acceptors (Lipinski definition) is 6. The molecule has 0 saturated carbocycles. The molecule has 0 unspecified atom stereocenters. The maximum atomic E-state index is 13.6. The third-order valence-electron chi connectivity index (χ3n) is 5.08. The standard InChI is InChI=1S/C20H23F2N5O2/c1-12(23)14(10-24-2)17-11-25-19(28)18(26-17)27-7-5-20(29,6-8-27)13-3-4-15(21)16(22)9-13/h3-4,9-11,29H,5-8,23H2,1-2H3,(H,25,28)/b14-12+,24-10?. The number of rotatable bonds is 4. The number of halogens is 2. The van der Waals surface area contributed by atoms with E-state index in [4.69, 9.17) is 5.73 Å². The van der Waals surface area contributed by atoms with E-state index in [-0.39, 0.29) is 24.2 Å². The molecule has 3 rings (SSSR count). The number of piperidine rings is 1. The number of nitrogens with two attached hydrogens (primary N) is 1. The number of aliphatic imine (C=N–C) groups is 1. The Balaban J connectivity index is 1.85. The predicted molar refractivity (Wildman–Crippen MR) is 108 cm³/mol. The van der Waals surface area contributed by atoms with Crippen LogP contribution in [-0.4, -0.2) is 41.4 Å². The van der Waals surface area contributed by atoms with Gasteiger partial charge in [0.15, 0.2) is 17.5 Å². The van der Waals surface area contributed by atoms with Gasteiger partial charge in [0.25, 0.3) is 5.56 Å². The summed E-state index contributed by atoms with van der Waals surface area (Å²) in [5.41, 5.74) is 6.13. The van der Waals surface area contributed by atoms with E-state index in [0.717, 1.165) is 12.1 Å². The lowest BCUT2D eigenvalue weighted by Crippen LogP contribution is -2.44. The van der Waals surface area contributed by atoms with Crippen molar-refractivity contribution < 1.29 is 13.9 Å². The van der Waals surface area contributed by atoms with Crippen molar-refractivity contribution in [1.29, 1.82) is 0 Å². The average molecular weight is 403 g/mol.